The first-order chi connectivity index (χ1) is 14.0. The first-order valence-corrected chi connectivity index (χ1v) is 9.63. The van der Waals surface area contributed by atoms with Crippen LogP contribution in [0.15, 0.2) is 66.7 Å². The van der Waals surface area contributed by atoms with Crippen LogP contribution in [0.25, 0.3) is 10.8 Å². The fourth-order valence-corrected chi connectivity index (χ4v) is 3.56. The van der Waals surface area contributed by atoms with Gasteiger partial charge in [-0.1, -0.05) is 41.9 Å². The number of ether oxygens (including phenoxy) is 1. The van der Waals surface area contributed by atoms with E-state index in [1.807, 2.05) is 42.5 Å². The molecule has 1 aliphatic heterocycles. The van der Waals surface area contributed by atoms with Gasteiger partial charge in [0.15, 0.2) is 12.4 Å². The zero-order valence-electron chi connectivity index (χ0n) is 15.5. The molecular formula is C23H18ClNO4. The van der Waals surface area contributed by atoms with Gasteiger partial charge >= 0.3 is 5.97 Å². The molecule has 0 radical (unpaired) electrons. The number of Topliss-reactive ketones (excluding diaryl/α,β-unsaturated/α-hetero) is 1. The van der Waals surface area contributed by atoms with Crippen molar-refractivity contribution in [3.8, 4) is 0 Å². The van der Waals surface area contributed by atoms with Crippen LogP contribution in [0.2, 0.25) is 5.02 Å². The highest BCUT2D eigenvalue weighted by Gasteiger charge is 2.36. The number of ketones is 1. The van der Waals surface area contributed by atoms with E-state index in [2.05, 4.69) is 0 Å². The quantitative estimate of drug-likeness (QED) is 0.468. The normalized spacial score (nSPS) is 16.2. The summed E-state index contributed by atoms with van der Waals surface area (Å²) in [5.74, 6) is -1.58. The maximum atomic E-state index is 12.5. The molecule has 5 nitrogen and oxygen atoms in total. The van der Waals surface area contributed by atoms with Gasteiger partial charge in [-0.2, -0.15) is 0 Å². The third-order valence-electron chi connectivity index (χ3n) is 5.01. The minimum absolute atomic E-state index is 0.0702. The van der Waals surface area contributed by atoms with E-state index >= 15 is 0 Å². The van der Waals surface area contributed by atoms with E-state index in [9.17, 15) is 14.4 Å². The largest absolute Gasteiger partial charge is 0.457 e. The second-order valence-electron chi connectivity index (χ2n) is 6.97. The third kappa shape index (κ3) is 4.15. The van der Waals surface area contributed by atoms with Crippen LogP contribution < -0.4 is 4.90 Å². The van der Waals surface area contributed by atoms with E-state index in [1.54, 1.807) is 29.2 Å². The Kier molecular flexibility index (Phi) is 5.32. The van der Waals surface area contributed by atoms with Crippen molar-refractivity contribution < 1.29 is 19.1 Å². The molecule has 1 heterocycles. The van der Waals surface area contributed by atoms with Crippen LogP contribution >= 0.6 is 11.6 Å². The number of esters is 1. The van der Waals surface area contributed by atoms with Crippen molar-refractivity contribution >= 4 is 45.7 Å². The van der Waals surface area contributed by atoms with Crippen LogP contribution in [-0.4, -0.2) is 30.8 Å². The lowest BCUT2D eigenvalue weighted by molar-refractivity contribution is -0.147. The molecule has 3 aromatic rings. The first kappa shape index (κ1) is 19.2. The summed E-state index contributed by atoms with van der Waals surface area (Å²) in [6, 6.07) is 20.0. The first-order valence-electron chi connectivity index (χ1n) is 9.26. The second kappa shape index (κ2) is 8.05. The van der Waals surface area contributed by atoms with E-state index in [0.717, 1.165) is 16.5 Å². The molecule has 1 aliphatic rings. The predicted octanol–water partition coefficient (Wildman–Crippen LogP) is 4.27. The molecule has 6 heteroatoms. The van der Waals surface area contributed by atoms with E-state index < -0.39 is 11.9 Å². The Morgan fingerprint density at radius 1 is 1.00 bits per heavy atom. The van der Waals surface area contributed by atoms with E-state index in [1.165, 1.54) is 0 Å². The monoisotopic (exact) mass is 407 g/mol. The van der Waals surface area contributed by atoms with Crippen molar-refractivity contribution in [2.75, 3.05) is 18.1 Å². The summed E-state index contributed by atoms with van der Waals surface area (Å²) in [7, 11) is 0. The molecule has 1 amide bonds. The number of rotatable bonds is 5. The van der Waals surface area contributed by atoms with Gasteiger partial charge in [-0.25, -0.2) is 0 Å². The Balaban J connectivity index is 1.39. The Morgan fingerprint density at radius 2 is 1.72 bits per heavy atom. The third-order valence-corrected chi connectivity index (χ3v) is 5.27. The molecule has 0 aromatic heterocycles. The molecule has 1 atom stereocenters. The summed E-state index contributed by atoms with van der Waals surface area (Å²) in [6.07, 6.45) is 0.0702. The minimum Gasteiger partial charge on any atom is -0.457 e. The lowest BCUT2D eigenvalue weighted by Crippen LogP contribution is -2.27. The SMILES string of the molecule is O=C(COC(=O)C1CC(=O)N(c2ccc3ccccc3c2)C1)c1ccc(Cl)cc1. The lowest BCUT2D eigenvalue weighted by atomic mass is 10.1. The molecule has 0 bridgehead atoms. The van der Waals surface area contributed by atoms with Crippen LogP contribution in [0.3, 0.4) is 0 Å². The summed E-state index contributed by atoms with van der Waals surface area (Å²) in [4.78, 5) is 38.6. The lowest BCUT2D eigenvalue weighted by Gasteiger charge is -2.17. The standard InChI is InChI=1S/C23H18ClNO4/c24-19-8-5-16(6-9-19)21(26)14-29-23(28)18-12-22(27)25(13-18)20-10-7-15-3-1-2-4-17(15)11-20/h1-11,18H,12-14H2. The van der Waals surface area contributed by atoms with E-state index in [4.69, 9.17) is 16.3 Å². The highest BCUT2D eigenvalue weighted by Crippen LogP contribution is 2.28. The Morgan fingerprint density at radius 3 is 2.48 bits per heavy atom. The van der Waals surface area contributed by atoms with Crippen LogP contribution in [0.4, 0.5) is 5.69 Å². The van der Waals surface area contributed by atoms with Crippen LogP contribution in [0.1, 0.15) is 16.8 Å². The summed E-state index contributed by atoms with van der Waals surface area (Å²) < 4.78 is 5.17. The van der Waals surface area contributed by atoms with Crippen molar-refractivity contribution in [3.05, 3.63) is 77.3 Å². The second-order valence-corrected chi connectivity index (χ2v) is 7.41. The zero-order valence-corrected chi connectivity index (χ0v) is 16.3. The molecular weight excluding hydrogens is 390 g/mol. The van der Waals surface area contributed by atoms with Gasteiger partial charge in [-0.15, -0.1) is 0 Å². The summed E-state index contributed by atoms with van der Waals surface area (Å²) in [6.45, 7) is -0.119. The van der Waals surface area contributed by atoms with Gasteiger partial charge in [0.2, 0.25) is 5.91 Å². The van der Waals surface area contributed by atoms with Crippen molar-refractivity contribution in [2.45, 2.75) is 6.42 Å². The van der Waals surface area contributed by atoms with Gasteiger partial charge < -0.3 is 9.64 Å². The molecule has 0 aliphatic carbocycles. The van der Waals surface area contributed by atoms with Crippen LogP contribution in [0.5, 0.6) is 0 Å². The Labute approximate surface area is 172 Å². The highest BCUT2D eigenvalue weighted by molar-refractivity contribution is 6.30. The number of benzene rings is 3. The smallest absolute Gasteiger partial charge is 0.311 e. The Bertz CT molecular complexity index is 1090. The van der Waals surface area contributed by atoms with Gasteiger partial charge in [0.05, 0.1) is 5.92 Å². The Hall–Kier alpha value is -3.18. The summed E-state index contributed by atoms with van der Waals surface area (Å²) >= 11 is 5.81. The van der Waals surface area contributed by atoms with Crippen molar-refractivity contribution in [1.82, 2.24) is 0 Å². The number of anilines is 1. The maximum absolute atomic E-state index is 12.5. The van der Waals surface area contributed by atoms with Crippen molar-refractivity contribution in [1.29, 1.82) is 0 Å². The van der Waals surface area contributed by atoms with E-state index in [0.29, 0.717) is 10.6 Å². The molecule has 4 rings (SSSR count). The predicted molar refractivity (Wildman–Crippen MR) is 111 cm³/mol. The molecule has 0 N–H and O–H groups in total. The molecule has 0 saturated carbocycles. The molecule has 1 unspecified atom stereocenters. The molecule has 146 valence electrons. The topological polar surface area (TPSA) is 63.7 Å². The molecule has 1 saturated heterocycles. The fraction of sp³-hybridized carbons (Fsp3) is 0.174. The zero-order chi connectivity index (χ0) is 20.4. The minimum atomic E-state index is -0.591. The van der Waals surface area contributed by atoms with Gasteiger partial charge in [0, 0.05) is 29.2 Å². The number of nitrogens with zero attached hydrogens (tertiary/aromatic N) is 1. The average molecular weight is 408 g/mol. The molecule has 1 fully saturated rings. The maximum Gasteiger partial charge on any atom is 0.311 e. The van der Waals surface area contributed by atoms with Gasteiger partial charge in [0.1, 0.15) is 0 Å². The van der Waals surface area contributed by atoms with Gasteiger partial charge in [-0.3, -0.25) is 14.4 Å². The average Bonchev–Trinajstić information content (AvgIpc) is 3.13. The number of carbonyl (C=O) groups is 3. The number of hydrogen-bond acceptors (Lipinski definition) is 4. The molecule has 29 heavy (non-hydrogen) atoms. The van der Waals surface area contributed by atoms with Crippen LogP contribution in [0, 0.1) is 5.92 Å². The number of hydrogen-bond donors (Lipinski definition) is 0. The van der Waals surface area contributed by atoms with Gasteiger partial charge in [0.25, 0.3) is 0 Å². The fourth-order valence-electron chi connectivity index (χ4n) is 3.43. The van der Waals surface area contributed by atoms with Crippen LogP contribution in [-0.2, 0) is 14.3 Å². The number of carbonyl (C=O) groups excluding carboxylic acids is 3. The number of amides is 1. The van der Waals surface area contributed by atoms with E-state index in [-0.39, 0.29) is 31.3 Å². The highest BCUT2D eigenvalue weighted by atomic mass is 35.5. The van der Waals surface area contributed by atoms with Gasteiger partial charge in [-0.05, 0) is 47.2 Å². The number of halogens is 1. The summed E-state index contributed by atoms with van der Waals surface area (Å²) in [5, 5.41) is 2.63. The molecule has 0 spiro atoms. The van der Waals surface area contributed by atoms with Crippen molar-refractivity contribution in [3.63, 3.8) is 0 Å². The van der Waals surface area contributed by atoms with Crippen molar-refractivity contribution in [2.24, 2.45) is 5.92 Å². The molecule has 3 aromatic carbocycles. The number of fused-ring (bicyclic) bond motifs is 1. The summed E-state index contributed by atoms with van der Waals surface area (Å²) in [5.41, 5.74) is 1.17.